The third kappa shape index (κ3) is 4.38. The third-order valence-corrected chi connectivity index (χ3v) is 3.44. The van der Waals surface area contributed by atoms with Gasteiger partial charge in [0.2, 0.25) is 0 Å². The van der Waals surface area contributed by atoms with E-state index >= 15 is 0 Å². The number of β-amino-alcohol motifs (C(OH)–C–C–N with tert-alkyl or cyclic N) is 1. The van der Waals surface area contributed by atoms with E-state index < -0.39 is 12.0 Å². The summed E-state index contributed by atoms with van der Waals surface area (Å²) in [6.45, 7) is 1.54. The Bertz CT molecular complexity index is 447. The molecule has 0 aliphatic carbocycles. The summed E-state index contributed by atoms with van der Waals surface area (Å²) in [4.78, 5) is 2.06. The number of hydrogen-bond acceptors (Lipinski definition) is 3. The highest BCUT2D eigenvalue weighted by molar-refractivity contribution is 5.28. The molecule has 1 aromatic rings. The van der Waals surface area contributed by atoms with Gasteiger partial charge in [-0.2, -0.15) is 0 Å². The van der Waals surface area contributed by atoms with Crippen LogP contribution < -0.4 is 4.74 Å². The lowest BCUT2D eigenvalue weighted by atomic mass is 9.87. The largest absolute Gasteiger partial charge is 0.573 e. The van der Waals surface area contributed by atoms with Crippen molar-refractivity contribution < 1.29 is 23.0 Å². The van der Waals surface area contributed by atoms with Gasteiger partial charge >= 0.3 is 6.36 Å². The zero-order chi connectivity index (χ0) is 14.8. The Balaban J connectivity index is 2.00. The Kier molecular flexibility index (Phi) is 4.25. The van der Waals surface area contributed by atoms with Crippen molar-refractivity contribution in [2.24, 2.45) is 0 Å². The van der Waals surface area contributed by atoms with Crippen molar-refractivity contribution in [3.8, 4) is 5.75 Å². The number of ether oxygens (including phenoxy) is 1. The minimum Gasteiger partial charge on any atom is -0.406 e. The summed E-state index contributed by atoms with van der Waals surface area (Å²) in [5, 5.41) is 10.5. The predicted molar refractivity (Wildman–Crippen MR) is 68.5 cm³/mol. The fourth-order valence-electron chi connectivity index (χ4n) is 2.67. The smallest absolute Gasteiger partial charge is 0.406 e. The van der Waals surface area contributed by atoms with Crippen LogP contribution in [0.1, 0.15) is 18.4 Å². The first kappa shape index (κ1) is 15.1. The molecule has 0 saturated carbocycles. The lowest BCUT2D eigenvalue weighted by molar-refractivity contribution is -0.274. The average molecular weight is 289 g/mol. The number of nitrogens with zero attached hydrogens (tertiary/aromatic N) is 1. The van der Waals surface area contributed by atoms with Crippen molar-refractivity contribution in [1.82, 2.24) is 4.90 Å². The van der Waals surface area contributed by atoms with Crippen molar-refractivity contribution in [3.05, 3.63) is 29.8 Å². The number of rotatable bonds is 3. The molecule has 1 heterocycles. The van der Waals surface area contributed by atoms with Gasteiger partial charge in [-0.1, -0.05) is 12.1 Å². The SMILES string of the molecule is CN1CCCC(O)(Cc2ccc(OC(F)(F)F)cc2)C1. The van der Waals surface area contributed by atoms with Crippen LogP contribution in [0.5, 0.6) is 5.75 Å². The van der Waals surface area contributed by atoms with E-state index in [-0.39, 0.29) is 5.75 Å². The molecule has 1 atom stereocenters. The van der Waals surface area contributed by atoms with E-state index in [1.54, 1.807) is 12.1 Å². The number of halogens is 3. The number of aliphatic hydroxyl groups is 1. The molecule has 2 rings (SSSR count). The lowest BCUT2D eigenvalue weighted by Crippen LogP contribution is -2.47. The molecule has 112 valence electrons. The number of likely N-dealkylation sites (N-methyl/N-ethyl adjacent to an activating group) is 1. The number of likely N-dealkylation sites (tertiary alicyclic amines) is 1. The molecule has 1 aliphatic heterocycles. The molecule has 0 spiro atoms. The highest BCUT2D eigenvalue weighted by Gasteiger charge is 2.33. The second-order valence-electron chi connectivity index (χ2n) is 5.43. The van der Waals surface area contributed by atoms with Gasteiger partial charge in [0.05, 0.1) is 5.60 Å². The zero-order valence-corrected chi connectivity index (χ0v) is 11.3. The fourth-order valence-corrected chi connectivity index (χ4v) is 2.67. The fraction of sp³-hybridized carbons (Fsp3) is 0.571. The average Bonchev–Trinajstić information content (AvgIpc) is 2.29. The lowest BCUT2D eigenvalue weighted by Gasteiger charge is -2.37. The quantitative estimate of drug-likeness (QED) is 0.928. The molecule has 1 aliphatic rings. The predicted octanol–water partition coefficient (Wildman–Crippen LogP) is 2.58. The normalized spacial score (nSPS) is 24.6. The van der Waals surface area contributed by atoms with E-state index in [0.29, 0.717) is 19.4 Å². The first-order valence-electron chi connectivity index (χ1n) is 6.51. The van der Waals surface area contributed by atoms with Gasteiger partial charge in [-0.25, -0.2) is 0 Å². The van der Waals surface area contributed by atoms with Crippen LogP contribution in [0.3, 0.4) is 0 Å². The summed E-state index contributed by atoms with van der Waals surface area (Å²) in [6.07, 6.45) is -2.62. The maximum atomic E-state index is 12.1. The van der Waals surface area contributed by atoms with Crippen LogP contribution in [-0.2, 0) is 6.42 Å². The van der Waals surface area contributed by atoms with Gasteiger partial charge in [0, 0.05) is 13.0 Å². The molecule has 6 heteroatoms. The van der Waals surface area contributed by atoms with E-state index in [2.05, 4.69) is 9.64 Å². The second kappa shape index (κ2) is 5.61. The van der Waals surface area contributed by atoms with Gasteiger partial charge in [-0.15, -0.1) is 13.2 Å². The summed E-state index contributed by atoms with van der Waals surface area (Å²) >= 11 is 0. The summed E-state index contributed by atoms with van der Waals surface area (Å²) in [5.41, 5.74) is -0.00307. The summed E-state index contributed by atoms with van der Waals surface area (Å²) in [7, 11) is 1.95. The molecule has 1 N–H and O–H groups in total. The van der Waals surface area contributed by atoms with Gasteiger partial charge < -0.3 is 14.7 Å². The van der Waals surface area contributed by atoms with E-state index in [4.69, 9.17) is 0 Å². The molecule has 1 saturated heterocycles. The number of piperidine rings is 1. The van der Waals surface area contributed by atoms with Gasteiger partial charge in [-0.3, -0.25) is 0 Å². The molecular weight excluding hydrogens is 271 g/mol. The molecule has 1 unspecified atom stereocenters. The van der Waals surface area contributed by atoms with Crippen molar-refractivity contribution in [2.75, 3.05) is 20.1 Å². The van der Waals surface area contributed by atoms with Crippen molar-refractivity contribution in [3.63, 3.8) is 0 Å². The summed E-state index contributed by atoms with van der Waals surface area (Å²) < 4.78 is 40.0. The highest BCUT2D eigenvalue weighted by atomic mass is 19.4. The van der Waals surface area contributed by atoms with Crippen LogP contribution >= 0.6 is 0 Å². The van der Waals surface area contributed by atoms with Crippen LogP contribution in [0.15, 0.2) is 24.3 Å². The van der Waals surface area contributed by atoms with Gasteiger partial charge in [0.15, 0.2) is 0 Å². The van der Waals surface area contributed by atoms with E-state index in [0.717, 1.165) is 18.5 Å². The van der Waals surface area contributed by atoms with Gasteiger partial charge in [0.25, 0.3) is 0 Å². The molecular formula is C14H18F3NO2. The van der Waals surface area contributed by atoms with Gasteiger partial charge in [0.1, 0.15) is 5.75 Å². The number of benzene rings is 1. The Morgan fingerprint density at radius 1 is 1.30 bits per heavy atom. The van der Waals surface area contributed by atoms with Crippen LogP contribution in [0.4, 0.5) is 13.2 Å². The van der Waals surface area contributed by atoms with E-state index in [1.165, 1.54) is 12.1 Å². The summed E-state index contributed by atoms with van der Waals surface area (Å²) in [6, 6.07) is 5.68. The molecule has 20 heavy (non-hydrogen) atoms. The van der Waals surface area contributed by atoms with Crippen molar-refractivity contribution >= 4 is 0 Å². The zero-order valence-electron chi connectivity index (χ0n) is 11.3. The van der Waals surface area contributed by atoms with E-state index in [1.807, 2.05) is 7.05 Å². The first-order chi connectivity index (χ1) is 9.26. The Hall–Kier alpha value is -1.27. The number of alkyl halides is 3. The van der Waals surface area contributed by atoms with Gasteiger partial charge in [-0.05, 0) is 44.1 Å². The summed E-state index contributed by atoms with van der Waals surface area (Å²) in [5.74, 6) is -0.242. The molecule has 0 radical (unpaired) electrons. The van der Waals surface area contributed by atoms with Crippen LogP contribution in [0.2, 0.25) is 0 Å². The molecule has 1 aromatic carbocycles. The van der Waals surface area contributed by atoms with Crippen molar-refractivity contribution in [2.45, 2.75) is 31.2 Å². The van der Waals surface area contributed by atoms with E-state index in [9.17, 15) is 18.3 Å². The van der Waals surface area contributed by atoms with Crippen LogP contribution in [0, 0.1) is 0 Å². The standard InChI is InChI=1S/C14H18F3NO2/c1-18-8-2-7-13(19,10-18)9-11-3-5-12(6-4-11)20-14(15,16)17/h3-6,19H,2,7-10H2,1H3. The molecule has 0 bridgehead atoms. The Labute approximate surface area is 116 Å². The molecule has 0 amide bonds. The molecule has 0 aromatic heterocycles. The topological polar surface area (TPSA) is 32.7 Å². The monoisotopic (exact) mass is 289 g/mol. The second-order valence-corrected chi connectivity index (χ2v) is 5.43. The first-order valence-corrected chi connectivity index (χ1v) is 6.51. The minimum absolute atomic E-state index is 0.242. The Morgan fingerprint density at radius 2 is 1.95 bits per heavy atom. The molecule has 3 nitrogen and oxygen atoms in total. The van der Waals surface area contributed by atoms with Crippen LogP contribution in [-0.4, -0.2) is 42.1 Å². The van der Waals surface area contributed by atoms with Crippen LogP contribution in [0.25, 0.3) is 0 Å². The minimum atomic E-state index is -4.67. The molecule has 1 fully saturated rings. The Morgan fingerprint density at radius 3 is 2.50 bits per heavy atom. The number of hydrogen-bond donors (Lipinski definition) is 1. The maximum absolute atomic E-state index is 12.1. The maximum Gasteiger partial charge on any atom is 0.573 e. The third-order valence-electron chi connectivity index (χ3n) is 3.44. The highest BCUT2D eigenvalue weighted by Crippen LogP contribution is 2.27. The van der Waals surface area contributed by atoms with Crippen molar-refractivity contribution in [1.29, 1.82) is 0 Å².